The lowest BCUT2D eigenvalue weighted by Crippen LogP contribution is -2.46. The number of nitrogens with two attached hydrogens (primary N) is 1. The Morgan fingerprint density at radius 3 is 2.93 bits per heavy atom. The molecule has 86 valence electrons. The van der Waals surface area contributed by atoms with Crippen molar-refractivity contribution in [1.82, 2.24) is 4.90 Å². The number of nitrogens with zero attached hydrogens (tertiary/aromatic N) is 1. The predicted molar refractivity (Wildman–Crippen MR) is 54.1 cm³/mol. The number of aliphatic hydroxyl groups is 1. The van der Waals surface area contributed by atoms with E-state index in [2.05, 4.69) is 0 Å². The summed E-state index contributed by atoms with van der Waals surface area (Å²) in [5.74, 6) is -0.159. The number of rotatable bonds is 2. The summed E-state index contributed by atoms with van der Waals surface area (Å²) < 4.78 is 5.18. The molecule has 0 aliphatic carbocycles. The second-order valence-electron chi connectivity index (χ2n) is 4.32. The monoisotopic (exact) mass is 214 g/mol. The molecular formula is C10H18N2O3. The van der Waals surface area contributed by atoms with Crippen LogP contribution in [0.3, 0.4) is 0 Å². The maximum Gasteiger partial charge on any atom is 0.230 e. The quantitative estimate of drug-likeness (QED) is 0.614. The molecule has 5 nitrogen and oxygen atoms in total. The Labute approximate surface area is 89.2 Å². The van der Waals surface area contributed by atoms with E-state index in [1.165, 1.54) is 0 Å². The van der Waals surface area contributed by atoms with E-state index in [0.29, 0.717) is 13.2 Å². The van der Waals surface area contributed by atoms with Gasteiger partial charge in [0.25, 0.3) is 0 Å². The smallest absolute Gasteiger partial charge is 0.230 e. The number of ether oxygens (including phenoxy) is 1. The predicted octanol–water partition coefficient (Wildman–Crippen LogP) is -1.06. The molecule has 3 N–H and O–H groups in total. The first-order chi connectivity index (χ1) is 7.24. The van der Waals surface area contributed by atoms with Crippen LogP contribution in [-0.4, -0.2) is 54.4 Å². The maximum absolute atomic E-state index is 12.1. The van der Waals surface area contributed by atoms with E-state index in [1.54, 1.807) is 4.90 Å². The SMILES string of the molecule is NC1COCC1C(=O)N1CCC[C@@H]1CO. The molecule has 0 saturated carbocycles. The molecule has 2 aliphatic rings. The summed E-state index contributed by atoms with van der Waals surface area (Å²) in [5, 5.41) is 9.14. The van der Waals surface area contributed by atoms with Crippen molar-refractivity contribution in [2.45, 2.75) is 24.9 Å². The molecule has 2 heterocycles. The Balaban J connectivity index is 2.00. The van der Waals surface area contributed by atoms with Crippen molar-refractivity contribution in [2.75, 3.05) is 26.4 Å². The second kappa shape index (κ2) is 4.47. The molecule has 0 aromatic heterocycles. The number of carbonyl (C=O) groups excluding carboxylic acids is 1. The fourth-order valence-electron chi connectivity index (χ4n) is 2.35. The first-order valence-corrected chi connectivity index (χ1v) is 5.48. The van der Waals surface area contributed by atoms with Gasteiger partial charge >= 0.3 is 0 Å². The first-order valence-electron chi connectivity index (χ1n) is 5.48. The molecular weight excluding hydrogens is 196 g/mol. The average Bonchev–Trinajstić information content (AvgIpc) is 2.84. The van der Waals surface area contributed by atoms with Crippen LogP contribution in [0.4, 0.5) is 0 Å². The molecule has 3 atom stereocenters. The third-order valence-electron chi connectivity index (χ3n) is 3.31. The van der Waals surface area contributed by atoms with Crippen molar-refractivity contribution < 1.29 is 14.6 Å². The van der Waals surface area contributed by atoms with E-state index in [-0.39, 0.29) is 30.5 Å². The molecule has 2 fully saturated rings. The molecule has 1 amide bonds. The average molecular weight is 214 g/mol. The summed E-state index contributed by atoms with van der Waals surface area (Å²) in [7, 11) is 0. The van der Waals surface area contributed by atoms with Crippen LogP contribution in [0.1, 0.15) is 12.8 Å². The van der Waals surface area contributed by atoms with Gasteiger partial charge in [0.15, 0.2) is 0 Å². The molecule has 5 heteroatoms. The van der Waals surface area contributed by atoms with Crippen LogP contribution >= 0.6 is 0 Å². The van der Waals surface area contributed by atoms with Gasteiger partial charge in [-0.15, -0.1) is 0 Å². The van der Waals surface area contributed by atoms with Crippen LogP contribution in [0.15, 0.2) is 0 Å². The number of hydrogen-bond acceptors (Lipinski definition) is 4. The topological polar surface area (TPSA) is 75.8 Å². The fraction of sp³-hybridized carbons (Fsp3) is 0.900. The van der Waals surface area contributed by atoms with Crippen molar-refractivity contribution in [1.29, 1.82) is 0 Å². The van der Waals surface area contributed by atoms with Crippen LogP contribution in [-0.2, 0) is 9.53 Å². The zero-order valence-electron chi connectivity index (χ0n) is 8.76. The standard InChI is InChI=1S/C10H18N2O3/c11-9-6-15-5-8(9)10(14)12-3-1-2-7(12)4-13/h7-9,13H,1-6,11H2/t7-,8?,9?/m1/s1. The van der Waals surface area contributed by atoms with Gasteiger partial charge in [-0.05, 0) is 12.8 Å². The maximum atomic E-state index is 12.1. The third-order valence-corrected chi connectivity index (χ3v) is 3.31. The van der Waals surface area contributed by atoms with Crippen LogP contribution in [0, 0.1) is 5.92 Å². The summed E-state index contributed by atoms with van der Waals surface area (Å²) in [6, 6.07) is -0.192. The van der Waals surface area contributed by atoms with Gasteiger partial charge in [-0.1, -0.05) is 0 Å². The molecule has 15 heavy (non-hydrogen) atoms. The van der Waals surface area contributed by atoms with Crippen LogP contribution in [0.25, 0.3) is 0 Å². The largest absolute Gasteiger partial charge is 0.394 e. The first kappa shape index (κ1) is 10.9. The Bertz CT molecular complexity index is 247. The Kier molecular flexibility index (Phi) is 3.23. The molecule has 0 spiro atoms. The molecule has 2 saturated heterocycles. The van der Waals surface area contributed by atoms with E-state index in [4.69, 9.17) is 15.6 Å². The van der Waals surface area contributed by atoms with Gasteiger partial charge in [0.1, 0.15) is 0 Å². The van der Waals surface area contributed by atoms with E-state index in [1.807, 2.05) is 0 Å². The highest BCUT2D eigenvalue weighted by atomic mass is 16.5. The van der Waals surface area contributed by atoms with Crippen molar-refractivity contribution in [3.05, 3.63) is 0 Å². The van der Waals surface area contributed by atoms with Gasteiger partial charge in [-0.25, -0.2) is 0 Å². The van der Waals surface area contributed by atoms with Gasteiger partial charge in [-0.3, -0.25) is 4.79 Å². The second-order valence-corrected chi connectivity index (χ2v) is 4.32. The van der Waals surface area contributed by atoms with Crippen molar-refractivity contribution in [2.24, 2.45) is 11.7 Å². The van der Waals surface area contributed by atoms with Crippen molar-refractivity contribution in [3.63, 3.8) is 0 Å². The lowest BCUT2D eigenvalue weighted by atomic mass is 10.0. The fourth-order valence-corrected chi connectivity index (χ4v) is 2.35. The number of aliphatic hydroxyl groups excluding tert-OH is 1. The number of likely N-dealkylation sites (tertiary alicyclic amines) is 1. The summed E-state index contributed by atoms with van der Waals surface area (Å²) in [5.41, 5.74) is 5.80. The van der Waals surface area contributed by atoms with Gasteiger partial charge in [0.05, 0.1) is 31.8 Å². The number of amides is 1. The highest BCUT2D eigenvalue weighted by Gasteiger charge is 2.38. The lowest BCUT2D eigenvalue weighted by molar-refractivity contribution is -0.137. The van der Waals surface area contributed by atoms with Gasteiger partial charge in [0.2, 0.25) is 5.91 Å². The molecule has 2 unspecified atom stereocenters. The van der Waals surface area contributed by atoms with Crippen molar-refractivity contribution >= 4 is 5.91 Å². The van der Waals surface area contributed by atoms with Gasteiger partial charge in [-0.2, -0.15) is 0 Å². The zero-order chi connectivity index (χ0) is 10.8. The third kappa shape index (κ3) is 2.00. The summed E-state index contributed by atoms with van der Waals surface area (Å²) >= 11 is 0. The lowest BCUT2D eigenvalue weighted by Gasteiger charge is -2.26. The molecule has 0 aromatic rings. The highest BCUT2D eigenvalue weighted by Crippen LogP contribution is 2.22. The minimum atomic E-state index is -0.211. The van der Waals surface area contributed by atoms with Crippen molar-refractivity contribution in [3.8, 4) is 0 Å². The number of carbonyl (C=O) groups is 1. The van der Waals surface area contributed by atoms with E-state index < -0.39 is 0 Å². The van der Waals surface area contributed by atoms with E-state index >= 15 is 0 Å². The minimum Gasteiger partial charge on any atom is -0.394 e. The summed E-state index contributed by atoms with van der Waals surface area (Å²) in [6.07, 6.45) is 1.87. The minimum absolute atomic E-state index is 0.00898. The zero-order valence-corrected chi connectivity index (χ0v) is 8.76. The number of hydrogen-bond donors (Lipinski definition) is 2. The van der Waals surface area contributed by atoms with Gasteiger partial charge < -0.3 is 20.5 Å². The molecule has 0 bridgehead atoms. The van der Waals surface area contributed by atoms with E-state index in [0.717, 1.165) is 19.4 Å². The normalized spacial score (nSPS) is 36.1. The molecule has 0 radical (unpaired) electrons. The Morgan fingerprint density at radius 1 is 1.53 bits per heavy atom. The Hall–Kier alpha value is -0.650. The van der Waals surface area contributed by atoms with Crippen LogP contribution in [0.2, 0.25) is 0 Å². The summed E-state index contributed by atoms with van der Waals surface area (Å²) in [6.45, 7) is 1.69. The van der Waals surface area contributed by atoms with E-state index in [9.17, 15) is 4.79 Å². The Morgan fingerprint density at radius 2 is 2.33 bits per heavy atom. The molecule has 2 rings (SSSR count). The molecule has 2 aliphatic heterocycles. The highest BCUT2D eigenvalue weighted by molar-refractivity contribution is 5.80. The van der Waals surface area contributed by atoms with Crippen LogP contribution < -0.4 is 5.73 Å². The van der Waals surface area contributed by atoms with Crippen LogP contribution in [0.5, 0.6) is 0 Å². The summed E-state index contributed by atoms with van der Waals surface area (Å²) in [4.78, 5) is 13.8. The van der Waals surface area contributed by atoms with Gasteiger partial charge in [0, 0.05) is 12.6 Å². The molecule has 0 aromatic carbocycles.